The number of methoxy groups -OCH3 is 2. The molecular weight excluding hydrogens is 572 g/mol. The number of amides is 1. The van der Waals surface area contributed by atoms with E-state index in [1.807, 2.05) is 36.3 Å². The fourth-order valence-corrected chi connectivity index (χ4v) is 4.33. The minimum atomic E-state index is -4.55. The number of nitrogens with zero attached hydrogens (tertiary/aromatic N) is 1. The number of aryl methyl sites for hydroxylation is 1. The van der Waals surface area contributed by atoms with Crippen molar-refractivity contribution in [2.75, 3.05) is 31.8 Å². The first-order valence-corrected chi connectivity index (χ1v) is 15.1. The number of nitrogens with one attached hydrogen (secondary N) is 1. The van der Waals surface area contributed by atoms with Crippen molar-refractivity contribution in [1.29, 1.82) is 0 Å². The summed E-state index contributed by atoms with van der Waals surface area (Å²) in [5.74, 6) is -0.748. The van der Waals surface area contributed by atoms with Crippen LogP contribution in [0.5, 0.6) is 11.5 Å². The van der Waals surface area contributed by atoms with Crippen molar-refractivity contribution in [3.8, 4) is 11.5 Å². The number of hydrogen-bond donors (Lipinski definition) is 1. The van der Waals surface area contributed by atoms with Crippen molar-refractivity contribution in [3.05, 3.63) is 88.7 Å². The molecule has 2 rings (SSSR count). The molecule has 0 saturated carbocycles. The first kappa shape index (κ1) is 35.7. The second kappa shape index (κ2) is 17.0. The van der Waals surface area contributed by atoms with E-state index < -0.39 is 18.6 Å². The van der Waals surface area contributed by atoms with E-state index in [4.69, 9.17) is 9.47 Å². The fourth-order valence-electron chi connectivity index (χ4n) is 4.22. The number of ether oxygens (including phenoxy) is 2. The second-order valence-corrected chi connectivity index (χ2v) is 10.7. The number of halogens is 3. The van der Waals surface area contributed by atoms with Crippen LogP contribution < -0.4 is 19.7 Å². The van der Waals surface area contributed by atoms with Crippen molar-refractivity contribution in [2.45, 2.75) is 60.1 Å². The van der Waals surface area contributed by atoms with E-state index in [0.29, 0.717) is 5.69 Å². The maximum atomic E-state index is 12.8. The molecule has 0 radical (unpaired) electrons. The first-order valence-electron chi connectivity index (χ1n) is 14.3. The first-order chi connectivity index (χ1) is 20.4. The van der Waals surface area contributed by atoms with E-state index in [-0.39, 0.29) is 17.1 Å². The molecule has 43 heavy (non-hydrogen) atoms. The summed E-state index contributed by atoms with van der Waals surface area (Å²) in [6.07, 6.45) is 9.81. The van der Waals surface area contributed by atoms with Crippen LogP contribution in [0.3, 0.4) is 0 Å². The Bertz CT molecular complexity index is 1350. The Morgan fingerprint density at radius 2 is 1.70 bits per heavy atom. The van der Waals surface area contributed by atoms with Crippen LogP contribution in [0.15, 0.2) is 72.0 Å². The molecule has 1 unspecified atom stereocenters. The maximum Gasteiger partial charge on any atom is 0.405 e. The van der Waals surface area contributed by atoms with Crippen LogP contribution >= 0.6 is 9.24 Å². The summed E-state index contributed by atoms with van der Waals surface area (Å²) in [5, 5.41) is 1.91. The van der Waals surface area contributed by atoms with E-state index in [0.717, 1.165) is 53.4 Å². The van der Waals surface area contributed by atoms with Crippen molar-refractivity contribution in [3.63, 3.8) is 0 Å². The standard InChI is InChI=1S/C34H44F3N2O3P/c1-8-10-11-12-13-26(16-24(4)21-43)27-14-15-29(25(5)17-27)39(20-23(3)9-2)28-18-30(41-6)32(31(19-28)42-7)33(40)38-22-34(35,36)37/h11-20H,8-10,21-22,43H2,1-7H3,(H,38,40)/b12-11-,23-20-,24-16+,26-13+. The van der Waals surface area contributed by atoms with Crippen molar-refractivity contribution >= 4 is 32.1 Å². The van der Waals surface area contributed by atoms with Gasteiger partial charge >= 0.3 is 6.18 Å². The Balaban J connectivity index is 2.69. The van der Waals surface area contributed by atoms with Gasteiger partial charge < -0.3 is 19.7 Å². The average Bonchev–Trinajstić information content (AvgIpc) is 2.98. The van der Waals surface area contributed by atoms with Gasteiger partial charge in [0.1, 0.15) is 23.6 Å². The van der Waals surface area contributed by atoms with E-state index in [1.165, 1.54) is 19.8 Å². The molecule has 0 aliphatic rings. The quantitative estimate of drug-likeness (QED) is 0.170. The lowest BCUT2D eigenvalue weighted by Crippen LogP contribution is -2.34. The lowest BCUT2D eigenvalue weighted by atomic mass is 9.99. The smallest absolute Gasteiger partial charge is 0.405 e. The summed E-state index contributed by atoms with van der Waals surface area (Å²) >= 11 is 0. The van der Waals surface area contributed by atoms with Gasteiger partial charge in [-0.15, -0.1) is 9.24 Å². The third-order valence-corrected chi connectivity index (χ3v) is 7.38. The van der Waals surface area contributed by atoms with E-state index >= 15 is 0 Å². The normalized spacial score (nSPS) is 13.0. The fraction of sp³-hybridized carbons (Fsp3) is 0.382. The Kier molecular flexibility index (Phi) is 14.1. The lowest BCUT2D eigenvalue weighted by Gasteiger charge is -2.26. The third-order valence-electron chi connectivity index (χ3n) is 6.73. The molecule has 0 saturated heterocycles. The van der Waals surface area contributed by atoms with Crippen LogP contribution in [0.1, 0.15) is 68.4 Å². The van der Waals surface area contributed by atoms with E-state index in [2.05, 4.69) is 66.4 Å². The molecule has 234 valence electrons. The minimum Gasteiger partial charge on any atom is -0.496 e. The van der Waals surface area contributed by atoms with Crippen molar-refractivity contribution < 1.29 is 27.4 Å². The summed E-state index contributed by atoms with van der Waals surface area (Å²) in [6.45, 7) is 8.89. The third kappa shape index (κ3) is 10.6. The summed E-state index contributed by atoms with van der Waals surface area (Å²) in [5.41, 5.74) is 6.92. The SMILES string of the molecule is CCC\C=C/C=C(\C=C(/C)CP)c1ccc(N(/C=C(/C)CC)c2cc(OC)c(C(=O)NCC(F)(F)F)c(OC)c2)c(C)c1. The average molecular weight is 617 g/mol. The predicted molar refractivity (Wildman–Crippen MR) is 176 cm³/mol. The van der Waals surface area contributed by atoms with E-state index in [9.17, 15) is 18.0 Å². The Labute approximate surface area is 256 Å². The molecule has 5 nitrogen and oxygen atoms in total. The summed E-state index contributed by atoms with van der Waals surface area (Å²) in [6, 6.07) is 9.51. The van der Waals surface area contributed by atoms with Gasteiger partial charge in [-0.3, -0.25) is 4.79 Å². The zero-order valence-corrected chi connectivity index (χ0v) is 27.3. The molecule has 0 aromatic heterocycles. The van der Waals surface area contributed by atoms with Gasteiger partial charge in [0.25, 0.3) is 5.91 Å². The molecule has 1 atom stereocenters. The van der Waals surface area contributed by atoms with Gasteiger partial charge in [0, 0.05) is 24.0 Å². The molecule has 0 spiro atoms. The van der Waals surface area contributed by atoms with Crippen LogP contribution in [0, 0.1) is 6.92 Å². The van der Waals surface area contributed by atoms with Crippen LogP contribution in [0.2, 0.25) is 0 Å². The Morgan fingerprint density at radius 3 is 2.21 bits per heavy atom. The van der Waals surface area contributed by atoms with Crippen molar-refractivity contribution in [2.24, 2.45) is 0 Å². The molecule has 0 heterocycles. The highest BCUT2D eigenvalue weighted by Crippen LogP contribution is 2.39. The Morgan fingerprint density at radius 1 is 1.05 bits per heavy atom. The molecule has 0 fully saturated rings. The number of allylic oxidation sites excluding steroid dienone is 7. The van der Waals surface area contributed by atoms with Crippen LogP contribution in [0.4, 0.5) is 24.5 Å². The number of carbonyl (C=O) groups is 1. The largest absolute Gasteiger partial charge is 0.496 e. The van der Waals surface area contributed by atoms with Crippen LogP contribution in [0.25, 0.3) is 5.57 Å². The summed E-state index contributed by atoms with van der Waals surface area (Å²) in [7, 11) is 5.49. The molecule has 9 heteroatoms. The second-order valence-electron chi connectivity index (χ2n) is 10.3. The number of carbonyl (C=O) groups excluding carboxylic acids is 1. The van der Waals surface area contributed by atoms with Gasteiger partial charge in [0.05, 0.1) is 19.9 Å². The molecule has 0 aliphatic carbocycles. The van der Waals surface area contributed by atoms with E-state index in [1.54, 1.807) is 12.1 Å². The van der Waals surface area contributed by atoms with Crippen LogP contribution in [-0.4, -0.2) is 39.0 Å². The molecule has 2 aromatic rings. The lowest BCUT2D eigenvalue weighted by molar-refractivity contribution is -0.123. The maximum absolute atomic E-state index is 12.8. The number of alkyl halides is 3. The number of hydrogen-bond acceptors (Lipinski definition) is 4. The highest BCUT2D eigenvalue weighted by Gasteiger charge is 2.30. The molecular formula is C34H44F3N2O3P. The molecule has 0 bridgehead atoms. The van der Waals surface area contributed by atoms with Gasteiger partial charge in [-0.25, -0.2) is 0 Å². The predicted octanol–water partition coefficient (Wildman–Crippen LogP) is 9.32. The molecule has 2 aromatic carbocycles. The van der Waals surface area contributed by atoms with Crippen LogP contribution in [-0.2, 0) is 0 Å². The minimum absolute atomic E-state index is 0.0954. The number of rotatable bonds is 14. The highest BCUT2D eigenvalue weighted by molar-refractivity contribution is 7.16. The molecule has 1 N–H and O–H groups in total. The Hall–Kier alpha value is -3.51. The van der Waals surface area contributed by atoms with Gasteiger partial charge in [-0.1, -0.05) is 61.8 Å². The number of unbranched alkanes of at least 4 members (excludes halogenated alkanes) is 1. The van der Waals surface area contributed by atoms with Gasteiger partial charge in [-0.2, -0.15) is 13.2 Å². The highest BCUT2D eigenvalue weighted by atomic mass is 31.0. The summed E-state index contributed by atoms with van der Waals surface area (Å²) < 4.78 is 49.4. The van der Waals surface area contributed by atoms with Crippen molar-refractivity contribution in [1.82, 2.24) is 5.32 Å². The number of anilines is 2. The topological polar surface area (TPSA) is 50.8 Å². The molecule has 1 amide bonds. The van der Waals surface area contributed by atoms with Gasteiger partial charge in [0.2, 0.25) is 0 Å². The molecule has 0 aliphatic heterocycles. The number of benzene rings is 2. The zero-order chi connectivity index (χ0) is 32.2. The van der Waals surface area contributed by atoms with Gasteiger partial charge in [-0.05, 0) is 68.6 Å². The zero-order valence-electron chi connectivity index (χ0n) is 26.2. The monoisotopic (exact) mass is 616 g/mol. The van der Waals surface area contributed by atoms with Gasteiger partial charge in [0.15, 0.2) is 0 Å². The summed E-state index contributed by atoms with van der Waals surface area (Å²) in [4.78, 5) is 14.8.